The van der Waals surface area contributed by atoms with Crippen LogP contribution in [0.2, 0.25) is 0 Å². The first-order valence-electron chi connectivity index (χ1n) is 6.03. The molecule has 1 amide bonds. The third kappa shape index (κ3) is 5.72. The standard InChI is InChI=1S/C14H19N3O2/c1-4-19-14(18)16-15-11-5-6-12-7-9-13(10-8-12)17(2)3/h5-11H,4H2,1-3H3,(H,16,18)/b6-5-,15-11-. The van der Waals surface area contributed by atoms with E-state index in [0.717, 1.165) is 11.3 Å². The van der Waals surface area contributed by atoms with Gasteiger partial charge < -0.3 is 9.64 Å². The van der Waals surface area contributed by atoms with Gasteiger partial charge in [-0.1, -0.05) is 18.2 Å². The molecular weight excluding hydrogens is 242 g/mol. The van der Waals surface area contributed by atoms with E-state index in [-0.39, 0.29) is 0 Å². The van der Waals surface area contributed by atoms with Crippen LogP contribution in [-0.2, 0) is 4.74 Å². The Morgan fingerprint density at radius 1 is 1.37 bits per heavy atom. The van der Waals surface area contributed by atoms with Crippen molar-refractivity contribution in [1.29, 1.82) is 0 Å². The minimum atomic E-state index is -0.553. The average molecular weight is 261 g/mol. The summed E-state index contributed by atoms with van der Waals surface area (Å²) in [4.78, 5) is 12.9. The summed E-state index contributed by atoms with van der Waals surface area (Å²) in [6, 6.07) is 8.10. The van der Waals surface area contributed by atoms with Crippen LogP contribution in [0, 0.1) is 0 Å². The quantitative estimate of drug-likeness (QED) is 0.654. The number of hydrazone groups is 1. The lowest BCUT2D eigenvalue weighted by molar-refractivity contribution is 0.152. The molecule has 0 saturated heterocycles. The number of hydrogen-bond acceptors (Lipinski definition) is 4. The molecular formula is C14H19N3O2. The molecule has 1 aromatic carbocycles. The summed E-state index contributed by atoms with van der Waals surface area (Å²) < 4.78 is 4.65. The summed E-state index contributed by atoms with van der Waals surface area (Å²) in [5, 5.41) is 3.71. The Labute approximate surface area is 113 Å². The van der Waals surface area contributed by atoms with E-state index in [0.29, 0.717) is 6.61 Å². The molecule has 0 atom stereocenters. The second kappa shape index (κ2) is 7.92. The normalized spacial score (nSPS) is 10.9. The number of carbonyl (C=O) groups excluding carboxylic acids is 1. The molecule has 0 aliphatic rings. The van der Waals surface area contributed by atoms with Gasteiger partial charge in [0.25, 0.3) is 0 Å². The highest BCUT2D eigenvalue weighted by Crippen LogP contribution is 2.12. The van der Waals surface area contributed by atoms with Gasteiger partial charge in [0, 0.05) is 26.0 Å². The van der Waals surface area contributed by atoms with Crippen molar-refractivity contribution in [3.8, 4) is 0 Å². The van der Waals surface area contributed by atoms with E-state index in [1.165, 1.54) is 6.21 Å². The molecule has 0 unspecified atom stereocenters. The summed E-state index contributed by atoms with van der Waals surface area (Å²) >= 11 is 0. The van der Waals surface area contributed by atoms with Gasteiger partial charge in [0.2, 0.25) is 0 Å². The second-order valence-electron chi connectivity index (χ2n) is 3.96. The van der Waals surface area contributed by atoms with Gasteiger partial charge in [-0.3, -0.25) is 0 Å². The fourth-order valence-corrected chi connectivity index (χ4v) is 1.33. The van der Waals surface area contributed by atoms with E-state index >= 15 is 0 Å². The average Bonchev–Trinajstić information content (AvgIpc) is 2.39. The van der Waals surface area contributed by atoms with Crippen LogP contribution < -0.4 is 10.3 Å². The van der Waals surface area contributed by atoms with Crippen LogP contribution in [0.1, 0.15) is 12.5 Å². The molecule has 0 heterocycles. The Bertz CT molecular complexity index is 450. The lowest BCUT2D eigenvalue weighted by Crippen LogP contribution is -2.18. The topological polar surface area (TPSA) is 53.9 Å². The van der Waals surface area contributed by atoms with Crippen LogP contribution in [0.25, 0.3) is 6.08 Å². The zero-order valence-electron chi connectivity index (χ0n) is 11.5. The third-order valence-corrected chi connectivity index (χ3v) is 2.29. The van der Waals surface area contributed by atoms with Crippen molar-refractivity contribution in [3.63, 3.8) is 0 Å². The van der Waals surface area contributed by atoms with E-state index in [2.05, 4.69) is 15.3 Å². The van der Waals surface area contributed by atoms with Crippen molar-refractivity contribution in [3.05, 3.63) is 35.9 Å². The Hall–Kier alpha value is -2.30. The SMILES string of the molecule is CCOC(=O)N/N=C\C=C/c1ccc(N(C)C)cc1. The van der Waals surface area contributed by atoms with Gasteiger partial charge in [-0.15, -0.1) is 0 Å². The third-order valence-electron chi connectivity index (χ3n) is 2.29. The summed E-state index contributed by atoms with van der Waals surface area (Å²) in [6.07, 6.45) is 4.59. The zero-order valence-corrected chi connectivity index (χ0v) is 11.5. The molecule has 1 aromatic rings. The lowest BCUT2D eigenvalue weighted by Gasteiger charge is -2.11. The molecule has 0 aromatic heterocycles. The van der Waals surface area contributed by atoms with Crippen LogP contribution in [0.3, 0.4) is 0 Å². The maximum absolute atomic E-state index is 10.9. The Morgan fingerprint density at radius 3 is 2.63 bits per heavy atom. The number of rotatable bonds is 5. The van der Waals surface area contributed by atoms with Crippen LogP contribution in [0.5, 0.6) is 0 Å². The van der Waals surface area contributed by atoms with E-state index in [1.807, 2.05) is 49.3 Å². The number of amides is 1. The molecule has 19 heavy (non-hydrogen) atoms. The van der Waals surface area contributed by atoms with Crippen LogP contribution >= 0.6 is 0 Å². The molecule has 102 valence electrons. The summed E-state index contributed by atoms with van der Waals surface area (Å²) in [7, 11) is 4.00. The number of anilines is 1. The molecule has 0 aliphatic heterocycles. The van der Waals surface area contributed by atoms with Crippen LogP contribution in [-0.4, -0.2) is 33.0 Å². The smallest absolute Gasteiger partial charge is 0.427 e. The molecule has 5 heteroatoms. The minimum absolute atomic E-state index is 0.329. The number of nitrogens with one attached hydrogen (secondary N) is 1. The van der Waals surface area contributed by atoms with Gasteiger partial charge in [0.15, 0.2) is 0 Å². The number of carbonyl (C=O) groups is 1. The zero-order chi connectivity index (χ0) is 14.1. The first kappa shape index (κ1) is 14.8. The molecule has 0 aliphatic carbocycles. The highest BCUT2D eigenvalue weighted by atomic mass is 16.5. The number of ether oxygens (including phenoxy) is 1. The molecule has 1 rings (SSSR count). The molecule has 0 saturated carbocycles. The molecule has 5 nitrogen and oxygen atoms in total. The van der Waals surface area contributed by atoms with Gasteiger partial charge in [0.1, 0.15) is 0 Å². The van der Waals surface area contributed by atoms with Crippen LogP contribution in [0.4, 0.5) is 10.5 Å². The van der Waals surface area contributed by atoms with Crippen molar-refractivity contribution in [1.82, 2.24) is 5.43 Å². The molecule has 1 N–H and O–H groups in total. The Kier molecular flexibility index (Phi) is 6.15. The number of allylic oxidation sites excluding steroid dienone is 1. The molecule has 0 radical (unpaired) electrons. The van der Waals surface area contributed by atoms with E-state index in [4.69, 9.17) is 0 Å². The second-order valence-corrected chi connectivity index (χ2v) is 3.96. The first-order chi connectivity index (χ1) is 9.13. The maximum Gasteiger partial charge on any atom is 0.427 e. The largest absolute Gasteiger partial charge is 0.449 e. The van der Waals surface area contributed by atoms with Gasteiger partial charge in [-0.2, -0.15) is 5.10 Å². The van der Waals surface area contributed by atoms with E-state index < -0.39 is 6.09 Å². The van der Waals surface area contributed by atoms with Crippen LogP contribution in [0.15, 0.2) is 35.4 Å². The van der Waals surface area contributed by atoms with Gasteiger partial charge in [-0.05, 0) is 30.7 Å². The predicted octanol–water partition coefficient (Wildman–Crippen LogP) is 2.50. The van der Waals surface area contributed by atoms with Gasteiger partial charge >= 0.3 is 6.09 Å². The van der Waals surface area contributed by atoms with Gasteiger partial charge in [0.05, 0.1) is 6.61 Å². The lowest BCUT2D eigenvalue weighted by atomic mass is 10.2. The fourth-order valence-electron chi connectivity index (χ4n) is 1.33. The Morgan fingerprint density at radius 2 is 2.05 bits per heavy atom. The molecule has 0 fully saturated rings. The highest BCUT2D eigenvalue weighted by Gasteiger charge is 1.94. The summed E-state index contributed by atoms with van der Waals surface area (Å²) in [5.74, 6) is 0. The number of nitrogens with zero attached hydrogens (tertiary/aromatic N) is 2. The Balaban J connectivity index is 2.44. The highest BCUT2D eigenvalue weighted by molar-refractivity contribution is 5.79. The van der Waals surface area contributed by atoms with E-state index in [9.17, 15) is 4.79 Å². The van der Waals surface area contributed by atoms with Crippen molar-refractivity contribution >= 4 is 24.1 Å². The van der Waals surface area contributed by atoms with Crippen molar-refractivity contribution < 1.29 is 9.53 Å². The van der Waals surface area contributed by atoms with E-state index in [1.54, 1.807) is 13.0 Å². The summed E-state index contributed by atoms with van der Waals surface area (Å²) in [5.41, 5.74) is 4.46. The molecule has 0 spiro atoms. The minimum Gasteiger partial charge on any atom is -0.449 e. The first-order valence-corrected chi connectivity index (χ1v) is 6.03. The fraction of sp³-hybridized carbons (Fsp3) is 0.286. The van der Waals surface area contributed by atoms with Crippen molar-refractivity contribution in [2.45, 2.75) is 6.92 Å². The predicted molar refractivity (Wildman–Crippen MR) is 78.5 cm³/mol. The monoisotopic (exact) mass is 261 g/mol. The summed E-state index contributed by atoms with van der Waals surface area (Å²) in [6.45, 7) is 2.07. The molecule has 0 bridgehead atoms. The van der Waals surface area contributed by atoms with Crippen molar-refractivity contribution in [2.24, 2.45) is 5.10 Å². The number of hydrogen-bond donors (Lipinski definition) is 1. The van der Waals surface area contributed by atoms with Gasteiger partial charge in [-0.25, -0.2) is 10.2 Å². The van der Waals surface area contributed by atoms with Crippen molar-refractivity contribution in [2.75, 3.05) is 25.6 Å². The maximum atomic E-state index is 10.9. The number of benzene rings is 1.